The highest BCUT2D eigenvalue weighted by atomic mass is 16.2. The van der Waals surface area contributed by atoms with Crippen molar-refractivity contribution in [1.82, 2.24) is 5.32 Å². The molecule has 82 valence electrons. The van der Waals surface area contributed by atoms with Crippen LogP contribution in [0.15, 0.2) is 24.3 Å². The topological polar surface area (TPSA) is 35.6 Å². The summed E-state index contributed by atoms with van der Waals surface area (Å²) in [6.45, 7) is 0. The Hall–Kier alpha value is -1.71. The monoisotopic (exact) mass is 207 g/mol. The number of carbonyl (C=O) groups is 1. The summed E-state index contributed by atoms with van der Waals surface area (Å²) in [7, 11) is 7.31. The summed E-state index contributed by atoms with van der Waals surface area (Å²) in [5.74, 6) is 0. The lowest BCUT2D eigenvalue weighted by molar-refractivity contribution is 0.249. The second-order valence-corrected chi connectivity index (χ2v) is 3.53. The van der Waals surface area contributed by atoms with Gasteiger partial charge in [0.15, 0.2) is 0 Å². The van der Waals surface area contributed by atoms with E-state index in [1.807, 2.05) is 43.3 Å². The molecule has 1 rings (SSSR count). The van der Waals surface area contributed by atoms with Gasteiger partial charge in [-0.1, -0.05) is 6.07 Å². The molecule has 0 aliphatic heterocycles. The first-order valence-corrected chi connectivity index (χ1v) is 4.79. The van der Waals surface area contributed by atoms with Gasteiger partial charge in [0, 0.05) is 39.6 Å². The normalized spacial score (nSPS) is 9.60. The molecule has 0 aliphatic carbocycles. The van der Waals surface area contributed by atoms with Crippen molar-refractivity contribution in [2.24, 2.45) is 0 Å². The molecule has 0 fully saturated rings. The fraction of sp³-hybridized carbons (Fsp3) is 0.364. The summed E-state index contributed by atoms with van der Waals surface area (Å²) in [4.78, 5) is 15.0. The van der Waals surface area contributed by atoms with Crippen LogP contribution in [0.1, 0.15) is 0 Å². The molecular weight excluding hydrogens is 190 g/mol. The van der Waals surface area contributed by atoms with Gasteiger partial charge in [0.25, 0.3) is 0 Å². The van der Waals surface area contributed by atoms with Crippen LogP contribution in [0.3, 0.4) is 0 Å². The maximum atomic E-state index is 11.4. The van der Waals surface area contributed by atoms with Crippen LogP contribution in [0.2, 0.25) is 0 Å². The van der Waals surface area contributed by atoms with Crippen molar-refractivity contribution in [3.8, 4) is 0 Å². The van der Waals surface area contributed by atoms with E-state index in [0.29, 0.717) is 0 Å². The van der Waals surface area contributed by atoms with Crippen LogP contribution >= 0.6 is 0 Å². The standard InChI is InChI=1S/C11H17N3O/c1-12-11(15)14(4)10-7-5-6-9(8-10)13(2)3/h5-8H,1-4H3,(H,12,15). The molecule has 0 bridgehead atoms. The summed E-state index contributed by atoms with van der Waals surface area (Å²) in [5.41, 5.74) is 1.95. The first-order valence-electron chi connectivity index (χ1n) is 4.79. The van der Waals surface area contributed by atoms with Crippen molar-refractivity contribution < 1.29 is 4.79 Å². The van der Waals surface area contributed by atoms with E-state index in [0.717, 1.165) is 11.4 Å². The average molecular weight is 207 g/mol. The highest BCUT2D eigenvalue weighted by Crippen LogP contribution is 2.19. The van der Waals surface area contributed by atoms with Gasteiger partial charge in [-0.15, -0.1) is 0 Å². The van der Waals surface area contributed by atoms with E-state index in [1.165, 1.54) is 0 Å². The number of urea groups is 1. The van der Waals surface area contributed by atoms with E-state index in [4.69, 9.17) is 0 Å². The Morgan fingerprint density at radius 3 is 2.33 bits per heavy atom. The highest BCUT2D eigenvalue weighted by molar-refractivity contribution is 5.91. The highest BCUT2D eigenvalue weighted by Gasteiger charge is 2.08. The number of benzene rings is 1. The molecule has 1 aromatic rings. The van der Waals surface area contributed by atoms with Crippen LogP contribution in [0.25, 0.3) is 0 Å². The summed E-state index contributed by atoms with van der Waals surface area (Å²) < 4.78 is 0. The molecule has 0 saturated carbocycles. The Kier molecular flexibility index (Phi) is 3.55. The summed E-state index contributed by atoms with van der Waals surface area (Å²) in [6.07, 6.45) is 0. The third-order valence-corrected chi connectivity index (χ3v) is 2.25. The maximum absolute atomic E-state index is 11.4. The number of nitrogens with one attached hydrogen (secondary N) is 1. The van der Waals surface area contributed by atoms with E-state index < -0.39 is 0 Å². The second-order valence-electron chi connectivity index (χ2n) is 3.53. The molecule has 1 N–H and O–H groups in total. The van der Waals surface area contributed by atoms with E-state index >= 15 is 0 Å². The summed E-state index contributed by atoms with van der Waals surface area (Å²) in [5, 5.41) is 2.59. The van der Waals surface area contributed by atoms with Crippen molar-refractivity contribution in [1.29, 1.82) is 0 Å². The largest absolute Gasteiger partial charge is 0.378 e. The molecule has 15 heavy (non-hydrogen) atoms. The molecule has 0 heterocycles. The average Bonchev–Trinajstić information content (AvgIpc) is 2.27. The van der Waals surface area contributed by atoms with Crippen molar-refractivity contribution in [2.75, 3.05) is 38.0 Å². The number of rotatable bonds is 2. The fourth-order valence-electron chi connectivity index (χ4n) is 1.26. The van der Waals surface area contributed by atoms with E-state index in [9.17, 15) is 4.79 Å². The fourth-order valence-corrected chi connectivity index (χ4v) is 1.26. The molecule has 0 radical (unpaired) electrons. The smallest absolute Gasteiger partial charge is 0.321 e. The van der Waals surface area contributed by atoms with Crippen molar-refractivity contribution in [2.45, 2.75) is 0 Å². The van der Waals surface area contributed by atoms with Crippen LogP contribution < -0.4 is 15.1 Å². The molecule has 0 atom stereocenters. The van der Waals surface area contributed by atoms with Gasteiger partial charge in [-0.25, -0.2) is 4.79 Å². The van der Waals surface area contributed by atoms with E-state index in [1.54, 1.807) is 19.0 Å². The van der Waals surface area contributed by atoms with Gasteiger partial charge < -0.3 is 10.2 Å². The minimum absolute atomic E-state index is 0.120. The lowest BCUT2D eigenvalue weighted by atomic mass is 10.2. The van der Waals surface area contributed by atoms with Gasteiger partial charge in [-0.3, -0.25) is 4.90 Å². The number of carbonyl (C=O) groups excluding carboxylic acids is 1. The Labute approximate surface area is 90.5 Å². The molecule has 0 unspecified atom stereocenters. The van der Waals surface area contributed by atoms with E-state index in [-0.39, 0.29) is 6.03 Å². The third kappa shape index (κ3) is 2.62. The van der Waals surface area contributed by atoms with Crippen molar-refractivity contribution >= 4 is 17.4 Å². The maximum Gasteiger partial charge on any atom is 0.321 e. The van der Waals surface area contributed by atoms with Crippen LogP contribution in [0.5, 0.6) is 0 Å². The van der Waals surface area contributed by atoms with Gasteiger partial charge in [-0.2, -0.15) is 0 Å². The van der Waals surface area contributed by atoms with Gasteiger partial charge in [0.05, 0.1) is 0 Å². The quantitative estimate of drug-likeness (QED) is 0.798. The first-order chi connectivity index (χ1) is 7.06. The lowest BCUT2D eigenvalue weighted by Crippen LogP contribution is -2.34. The Balaban J connectivity index is 2.95. The zero-order chi connectivity index (χ0) is 11.4. The third-order valence-electron chi connectivity index (χ3n) is 2.25. The van der Waals surface area contributed by atoms with E-state index in [2.05, 4.69) is 5.32 Å². The van der Waals surface area contributed by atoms with Crippen LogP contribution in [-0.2, 0) is 0 Å². The Morgan fingerprint density at radius 2 is 1.80 bits per heavy atom. The molecule has 4 heteroatoms. The number of hydrogen-bond acceptors (Lipinski definition) is 2. The van der Waals surface area contributed by atoms with Crippen LogP contribution in [0, 0.1) is 0 Å². The molecule has 0 saturated heterocycles. The van der Waals surface area contributed by atoms with Crippen molar-refractivity contribution in [3.05, 3.63) is 24.3 Å². The predicted octanol–water partition coefficient (Wildman–Crippen LogP) is 1.53. The number of nitrogens with zero attached hydrogens (tertiary/aromatic N) is 2. The number of hydrogen-bond donors (Lipinski definition) is 1. The Morgan fingerprint density at radius 1 is 1.20 bits per heavy atom. The van der Waals surface area contributed by atoms with Crippen molar-refractivity contribution in [3.63, 3.8) is 0 Å². The minimum atomic E-state index is -0.120. The summed E-state index contributed by atoms with van der Waals surface area (Å²) >= 11 is 0. The predicted molar refractivity (Wildman–Crippen MR) is 63.6 cm³/mol. The second kappa shape index (κ2) is 4.68. The minimum Gasteiger partial charge on any atom is -0.378 e. The molecule has 4 nitrogen and oxygen atoms in total. The Bertz CT molecular complexity index is 349. The molecule has 1 aromatic carbocycles. The molecular formula is C11H17N3O. The zero-order valence-electron chi connectivity index (χ0n) is 9.61. The van der Waals surface area contributed by atoms with Gasteiger partial charge in [0.2, 0.25) is 0 Å². The number of amides is 2. The van der Waals surface area contributed by atoms with Gasteiger partial charge in [0.1, 0.15) is 0 Å². The van der Waals surface area contributed by atoms with Crippen LogP contribution in [0.4, 0.5) is 16.2 Å². The van der Waals surface area contributed by atoms with Gasteiger partial charge in [-0.05, 0) is 18.2 Å². The molecule has 0 aromatic heterocycles. The summed E-state index contributed by atoms with van der Waals surface area (Å²) in [6, 6.07) is 7.69. The number of anilines is 2. The molecule has 0 spiro atoms. The first kappa shape index (κ1) is 11.4. The zero-order valence-corrected chi connectivity index (χ0v) is 9.61. The van der Waals surface area contributed by atoms with Gasteiger partial charge >= 0.3 is 6.03 Å². The lowest BCUT2D eigenvalue weighted by Gasteiger charge is -2.19. The van der Waals surface area contributed by atoms with Crippen LogP contribution in [-0.4, -0.2) is 34.2 Å². The SMILES string of the molecule is CNC(=O)N(C)c1cccc(N(C)C)c1. The molecule has 2 amide bonds. The molecule has 0 aliphatic rings.